The molecule has 4 rings (SSSR count). The molecule has 6 nitrogen and oxygen atoms in total. The summed E-state index contributed by atoms with van der Waals surface area (Å²) in [7, 11) is 0. The Kier molecular flexibility index (Phi) is 3.51. The number of hydrogen-bond donors (Lipinski definition) is 2. The van der Waals surface area contributed by atoms with E-state index in [0.29, 0.717) is 22.1 Å². The third kappa shape index (κ3) is 2.39. The minimum Gasteiger partial charge on any atom is -0.477 e. The van der Waals surface area contributed by atoms with Crippen LogP contribution in [0.4, 0.5) is 0 Å². The van der Waals surface area contributed by atoms with Crippen LogP contribution in [0.3, 0.4) is 0 Å². The van der Waals surface area contributed by atoms with Gasteiger partial charge in [-0.1, -0.05) is 16.4 Å². The number of allylic oxidation sites excluding steroid dienone is 1. The molecule has 1 aliphatic carbocycles. The second-order valence-corrected chi connectivity index (χ2v) is 6.84. The zero-order valence-corrected chi connectivity index (χ0v) is 14.1. The molecule has 8 heteroatoms. The summed E-state index contributed by atoms with van der Waals surface area (Å²) in [5.74, 6) is -0.339. The van der Waals surface area contributed by atoms with E-state index in [4.69, 9.17) is 4.74 Å². The summed E-state index contributed by atoms with van der Waals surface area (Å²) in [5, 5.41) is 14.4. The van der Waals surface area contributed by atoms with Crippen molar-refractivity contribution < 1.29 is 20.1 Å². The Bertz CT molecular complexity index is 874. The number of carboxylic acids is 1. The van der Waals surface area contributed by atoms with Gasteiger partial charge in [0.15, 0.2) is 15.4 Å². The van der Waals surface area contributed by atoms with Crippen LogP contribution in [0.2, 0.25) is 0 Å². The fraction of sp³-hybridized carbons (Fsp3) is 0.133. The van der Waals surface area contributed by atoms with E-state index in [1.54, 1.807) is 30.0 Å². The largest absolute Gasteiger partial charge is 0.477 e. The molecule has 0 radical (unpaired) electrons. The molecule has 23 heavy (non-hydrogen) atoms. The third-order valence-corrected chi connectivity index (χ3v) is 5.57. The molecule has 116 valence electrons. The average molecular weight is 393 g/mol. The molecule has 0 saturated heterocycles. The molecule has 2 aromatic heterocycles. The molecule has 0 spiro atoms. The summed E-state index contributed by atoms with van der Waals surface area (Å²) in [6.45, 7) is 0. The van der Waals surface area contributed by atoms with Crippen molar-refractivity contribution in [3.8, 4) is 10.8 Å². The number of hydrogen-bond acceptors (Lipinski definition) is 5. The van der Waals surface area contributed by atoms with E-state index in [2.05, 4.69) is 26.0 Å². The highest BCUT2D eigenvalue weighted by molar-refractivity contribution is 9.18. The molecule has 2 aromatic rings. The second-order valence-electron chi connectivity index (χ2n) is 5.11. The van der Waals surface area contributed by atoms with Crippen LogP contribution in [-0.4, -0.2) is 20.7 Å². The molecule has 0 saturated carbocycles. The molecule has 3 heterocycles. The standard InChI is InChI=1S/C15H10BrN3O3S/c16-13-9-4-3-8-10(11(9)18-19-13)15(23-12(8)14(20)21)22-7-2-1-5-17-6-7/h1-2,5-6H,3-4H2,(H,18,19)(H,20,21)/p+1. The smallest absolute Gasteiger partial charge is 0.346 e. The minimum absolute atomic E-state index is 0.335. The van der Waals surface area contributed by atoms with Crippen molar-refractivity contribution in [2.45, 2.75) is 12.8 Å². The third-order valence-electron chi connectivity index (χ3n) is 3.79. The lowest BCUT2D eigenvalue weighted by molar-refractivity contribution is -0.565. The number of nitrogens with two attached hydrogens (primary N) is 1. The van der Waals surface area contributed by atoms with Gasteiger partial charge in [-0.2, -0.15) is 5.43 Å². The van der Waals surface area contributed by atoms with Crippen molar-refractivity contribution in [3.05, 3.63) is 46.1 Å². The van der Waals surface area contributed by atoms with Crippen LogP contribution in [0.5, 0.6) is 10.8 Å². The number of nitrogens with zero attached hydrogens (tertiary/aromatic N) is 2. The van der Waals surface area contributed by atoms with Crippen LogP contribution >= 0.6 is 27.3 Å². The monoisotopic (exact) mass is 392 g/mol. The number of ether oxygens (including phenoxy) is 1. The van der Waals surface area contributed by atoms with E-state index in [1.165, 1.54) is 0 Å². The molecule has 0 bridgehead atoms. The van der Waals surface area contributed by atoms with Gasteiger partial charge in [0.25, 0.3) is 0 Å². The first-order valence-corrected chi connectivity index (χ1v) is 8.53. The summed E-state index contributed by atoms with van der Waals surface area (Å²) >= 11 is 4.61. The molecule has 0 unspecified atom stereocenters. The van der Waals surface area contributed by atoms with Gasteiger partial charge in [-0.15, -0.1) is 0 Å². The molecule has 3 N–H and O–H groups in total. The molecule has 1 aliphatic heterocycles. The van der Waals surface area contributed by atoms with Gasteiger partial charge in [-0.05, 0) is 46.5 Å². The minimum atomic E-state index is -0.922. The van der Waals surface area contributed by atoms with Gasteiger partial charge in [0, 0.05) is 6.20 Å². The number of fused-ring (bicyclic) bond motifs is 2. The van der Waals surface area contributed by atoms with Crippen LogP contribution in [0.1, 0.15) is 27.2 Å². The summed E-state index contributed by atoms with van der Waals surface area (Å²) in [4.78, 5) is 15.9. The summed E-state index contributed by atoms with van der Waals surface area (Å²) in [5.41, 5.74) is 5.49. The highest BCUT2D eigenvalue weighted by atomic mass is 79.9. The van der Waals surface area contributed by atoms with Crippen molar-refractivity contribution in [3.63, 3.8) is 0 Å². The lowest BCUT2D eigenvalue weighted by Crippen LogP contribution is -2.73. The number of aromatic carboxylic acids is 1. The van der Waals surface area contributed by atoms with Crippen molar-refractivity contribution in [2.75, 3.05) is 0 Å². The molecular weight excluding hydrogens is 382 g/mol. The number of aromatic nitrogens is 1. The van der Waals surface area contributed by atoms with Gasteiger partial charge >= 0.3 is 5.97 Å². The van der Waals surface area contributed by atoms with Crippen LogP contribution in [0.15, 0.2) is 35.2 Å². The molecule has 0 amide bonds. The van der Waals surface area contributed by atoms with Gasteiger partial charge in [0.1, 0.15) is 10.6 Å². The van der Waals surface area contributed by atoms with E-state index in [-0.39, 0.29) is 0 Å². The van der Waals surface area contributed by atoms with Crippen molar-refractivity contribution in [1.82, 2.24) is 4.98 Å². The Morgan fingerprint density at radius 1 is 1.43 bits per heavy atom. The van der Waals surface area contributed by atoms with E-state index in [1.807, 2.05) is 0 Å². The zero-order valence-electron chi connectivity index (χ0n) is 11.7. The van der Waals surface area contributed by atoms with Crippen molar-refractivity contribution >= 4 is 43.6 Å². The van der Waals surface area contributed by atoms with Crippen LogP contribution in [0.25, 0.3) is 5.70 Å². The number of thiophene rings is 1. The zero-order chi connectivity index (χ0) is 16.0. The summed E-state index contributed by atoms with van der Waals surface area (Å²) in [6, 6.07) is 3.57. The topological polar surface area (TPSA) is 88.4 Å². The summed E-state index contributed by atoms with van der Waals surface area (Å²) in [6.07, 6.45) is 4.71. The first-order valence-electron chi connectivity index (χ1n) is 6.92. The number of pyridine rings is 1. The van der Waals surface area contributed by atoms with Gasteiger partial charge in [0.2, 0.25) is 0 Å². The molecule has 0 fully saturated rings. The van der Waals surface area contributed by atoms with E-state index in [0.717, 1.165) is 44.8 Å². The van der Waals surface area contributed by atoms with Crippen LogP contribution in [-0.2, 0) is 6.42 Å². The molecular formula is C15H11BrN3O3S+. The fourth-order valence-corrected chi connectivity index (χ4v) is 4.39. The van der Waals surface area contributed by atoms with E-state index >= 15 is 0 Å². The molecule has 0 aromatic carbocycles. The van der Waals surface area contributed by atoms with E-state index in [9.17, 15) is 9.90 Å². The molecule has 0 atom stereocenters. The summed E-state index contributed by atoms with van der Waals surface area (Å²) < 4.78 is 6.74. The SMILES string of the molecule is O=C(O)c1sc(Oc2cccnc2)c2c1CCC1=C2[NH2+]N=C1Br. The van der Waals surface area contributed by atoms with Crippen molar-refractivity contribution in [2.24, 2.45) is 5.10 Å². The van der Waals surface area contributed by atoms with Crippen LogP contribution in [0, 0.1) is 0 Å². The predicted molar refractivity (Wildman–Crippen MR) is 89.1 cm³/mol. The number of quaternary nitrogens is 1. The Morgan fingerprint density at radius 3 is 3.04 bits per heavy atom. The Hall–Kier alpha value is -2.03. The maximum absolute atomic E-state index is 11.6. The maximum atomic E-state index is 11.6. The number of halogens is 1. The van der Waals surface area contributed by atoms with Gasteiger partial charge in [-0.25, -0.2) is 4.79 Å². The first kappa shape index (κ1) is 14.6. The Balaban J connectivity index is 1.85. The van der Waals surface area contributed by atoms with Gasteiger partial charge in [0.05, 0.1) is 17.3 Å². The predicted octanol–water partition coefficient (Wildman–Crippen LogP) is 2.58. The quantitative estimate of drug-likeness (QED) is 0.785. The lowest BCUT2D eigenvalue weighted by Gasteiger charge is -2.13. The maximum Gasteiger partial charge on any atom is 0.346 e. The number of rotatable bonds is 3. The normalized spacial score (nSPS) is 16.0. The second kappa shape index (κ2) is 5.55. The van der Waals surface area contributed by atoms with Gasteiger partial charge in [-0.3, -0.25) is 4.98 Å². The van der Waals surface area contributed by atoms with E-state index < -0.39 is 5.97 Å². The first-order chi connectivity index (χ1) is 11.1. The Labute approximate surface area is 143 Å². The Morgan fingerprint density at radius 2 is 2.30 bits per heavy atom. The highest BCUT2D eigenvalue weighted by Gasteiger charge is 2.37. The fourth-order valence-electron chi connectivity index (χ4n) is 2.80. The van der Waals surface area contributed by atoms with Gasteiger partial charge < -0.3 is 9.84 Å². The number of carboxylic acid groups (broad SMARTS) is 1. The van der Waals surface area contributed by atoms with Crippen LogP contribution < -0.4 is 10.2 Å². The van der Waals surface area contributed by atoms with Crippen molar-refractivity contribution in [1.29, 1.82) is 0 Å². The average Bonchev–Trinajstić information content (AvgIpc) is 3.10. The number of carbonyl (C=O) groups is 1. The molecule has 2 aliphatic rings. The highest BCUT2D eigenvalue weighted by Crippen LogP contribution is 2.45. The lowest BCUT2D eigenvalue weighted by atomic mass is 9.91.